The number of rotatable bonds is 5. The molecule has 1 saturated heterocycles. The van der Waals surface area contributed by atoms with Gasteiger partial charge in [-0.15, -0.1) is 0 Å². The Hall–Kier alpha value is -4.60. The number of aromatic nitrogens is 3. The fraction of sp³-hybridized carbons (Fsp3) is 0.333. The third kappa shape index (κ3) is 5.16. The van der Waals surface area contributed by atoms with E-state index in [0.717, 1.165) is 22.3 Å². The Labute approximate surface area is 231 Å². The molecule has 1 aliphatic heterocycles. The van der Waals surface area contributed by atoms with Gasteiger partial charge in [0.15, 0.2) is 5.69 Å². The van der Waals surface area contributed by atoms with Gasteiger partial charge in [-0.3, -0.25) is 9.59 Å². The molecule has 0 radical (unpaired) electrons. The molecule has 0 bridgehead atoms. The Kier molecular flexibility index (Phi) is 6.65. The number of nitrogens with one attached hydrogen (secondary N) is 2. The zero-order valence-corrected chi connectivity index (χ0v) is 23.5. The van der Waals surface area contributed by atoms with Crippen molar-refractivity contribution in [1.29, 1.82) is 0 Å². The Morgan fingerprint density at radius 1 is 1.02 bits per heavy atom. The number of H-pyrrole nitrogens is 1. The van der Waals surface area contributed by atoms with E-state index in [2.05, 4.69) is 15.4 Å². The van der Waals surface area contributed by atoms with Crippen molar-refractivity contribution in [2.75, 3.05) is 20.2 Å². The minimum Gasteiger partial charge on any atom is -0.497 e. The zero-order chi connectivity index (χ0) is 28.8. The second kappa shape index (κ2) is 9.86. The van der Waals surface area contributed by atoms with Crippen molar-refractivity contribution in [3.8, 4) is 17.0 Å². The number of hydrogen-bond acceptors (Lipinski definition) is 6. The Morgan fingerprint density at radius 3 is 2.35 bits per heavy atom. The third-order valence-electron chi connectivity index (χ3n) is 7.09. The van der Waals surface area contributed by atoms with Gasteiger partial charge in [0.1, 0.15) is 22.4 Å². The summed E-state index contributed by atoms with van der Waals surface area (Å²) in [5.74, 6) is 0.211. The first-order valence-corrected chi connectivity index (χ1v) is 13.0. The Balaban J connectivity index is 1.44. The molecule has 2 aromatic carbocycles. The quantitative estimate of drug-likeness (QED) is 0.390. The number of hydrogen-bond donors (Lipinski definition) is 2. The van der Waals surface area contributed by atoms with Gasteiger partial charge in [-0.05, 0) is 75.1 Å². The maximum atomic E-state index is 13.5. The first kappa shape index (κ1) is 27.0. The van der Waals surface area contributed by atoms with Crippen molar-refractivity contribution in [3.05, 3.63) is 87.5 Å². The molecule has 0 aliphatic carbocycles. The molecule has 10 heteroatoms. The van der Waals surface area contributed by atoms with Crippen LogP contribution in [0.2, 0.25) is 0 Å². The molecular formula is C30H33N5O5. The van der Waals surface area contributed by atoms with Gasteiger partial charge in [0.25, 0.3) is 11.5 Å². The fourth-order valence-electron chi connectivity index (χ4n) is 4.76. The minimum atomic E-state index is -0.868. The highest BCUT2D eigenvalue weighted by molar-refractivity contribution is 5.94. The normalized spacial score (nSPS) is 14.5. The lowest BCUT2D eigenvalue weighted by atomic mass is 9.82. The first-order valence-electron chi connectivity index (χ1n) is 13.0. The summed E-state index contributed by atoms with van der Waals surface area (Å²) in [6.07, 6.45) is 1.24. The molecule has 0 spiro atoms. The largest absolute Gasteiger partial charge is 0.497 e. The number of amides is 2. The van der Waals surface area contributed by atoms with Gasteiger partial charge >= 0.3 is 6.09 Å². The number of carbonyl (C=O) groups excluding carboxylic acids is 2. The van der Waals surface area contributed by atoms with Gasteiger partial charge in [-0.25, -0.2) is 9.31 Å². The lowest BCUT2D eigenvalue weighted by Crippen LogP contribution is -2.69. The molecule has 2 amide bonds. The zero-order valence-electron chi connectivity index (χ0n) is 23.5. The average molecular weight is 544 g/mol. The van der Waals surface area contributed by atoms with E-state index < -0.39 is 23.1 Å². The molecule has 2 aromatic heterocycles. The summed E-state index contributed by atoms with van der Waals surface area (Å²) >= 11 is 0. The van der Waals surface area contributed by atoms with Crippen molar-refractivity contribution in [2.45, 2.75) is 45.8 Å². The number of nitrogens with zero attached hydrogens (tertiary/aromatic N) is 3. The number of ether oxygens (including phenoxy) is 2. The van der Waals surface area contributed by atoms with Crippen LogP contribution in [-0.2, 0) is 10.3 Å². The summed E-state index contributed by atoms with van der Waals surface area (Å²) < 4.78 is 12.2. The van der Waals surface area contributed by atoms with Crippen LogP contribution in [0.5, 0.6) is 5.75 Å². The number of aromatic amines is 1. The summed E-state index contributed by atoms with van der Waals surface area (Å²) in [4.78, 5) is 43.5. The van der Waals surface area contributed by atoms with Crippen LogP contribution in [0.1, 0.15) is 48.0 Å². The monoisotopic (exact) mass is 543 g/mol. The molecular weight excluding hydrogens is 510 g/mol. The van der Waals surface area contributed by atoms with E-state index >= 15 is 0 Å². The maximum Gasteiger partial charge on any atom is 0.410 e. The topological polar surface area (TPSA) is 118 Å². The van der Waals surface area contributed by atoms with E-state index in [4.69, 9.17) is 9.47 Å². The summed E-state index contributed by atoms with van der Waals surface area (Å²) in [6.45, 7) is 9.88. The van der Waals surface area contributed by atoms with Crippen LogP contribution in [-0.4, -0.2) is 57.3 Å². The predicted molar refractivity (Wildman–Crippen MR) is 151 cm³/mol. The SMILES string of the molecule is COc1ccc(C2(NC(=O)c3cc4c(=O)[nH]c(-c5ccc(C)c(C)c5)cn4n3)CN(C(=O)OC(C)(C)C)C2)cc1. The van der Waals surface area contributed by atoms with Crippen LogP contribution >= 0.6 is 0 Å². The van der Waals surface area contributed by atoms with Crippen molar-refractivity contribution in [1.82, 2.24) is 24.8 Å². The molecule has 2 N–H and O–H groups in total. The summed E-state index contributed by atoms with van der Waals surface area (Å²) in [6, 6.07) is 14.7. The maximum absolute atomic E-state index is 13.5. The highest BCUT2D eigenvalue weighted by Crippen LogP contribution is 2.34. The highest BCUT2D eigenvalue weighted by atomic mass is 16.6. The number of aryl methyl sites for hydroxylation is 2. The Morgan fingerprint density at radius 2 is 1.73 bits per heavy atom. The smallest absolute Gasteiger partial charge is 0.410 e. The fourth-order valence-corrected chi connectivity index (χ4v) is 4.76. The third-order valence-corrected chi connectivity index (χ3v) is 7.09. The molecule has 0 unspecified atom stereocenters. The minimum absolute atomic E-state index is 0.0892. The van der Waals surface area contributed by atoms with E-state index in [9.17, 15) is 14.4 Å². The molecule has 4 aromatic rings. The first-order chi connectivity index (χ1) is 18.9. The van der Waals surface area contributed by atoms with Gasteiger partial charge in [0, 0.05) is 6.07 Å². The van der Waals surface area contributed by atoms with Gasteiger partial charge in [-0.2, -0.15) is 5.10 Å². The highest BCUT2D eigenvalue weighted by Gasteiger charge is 2.49. The number of benzene rings is 2. The molecule has 5 rings (SSSR count). The van der Waals surface area contributed by atoms with Crippen LogP contribution in [0, 0.1) is 13.8 Å². The van der Waals surface area contributed by atoms with Crippen molar-refractivity contribution in [3.63, 3.8) is 0 Å². The van der Waals surface area contributed by atoms with Gasteiger partial charge < -0.3 is 24.7 Å². The number of carbonyl (C=O) groups is 2. The van der Waals surface area contributed by atoms with E-state index in [1.807, 2.05) is 44.2 Å². The standard InChI is InChI=1S/C30H33N5O5/c1-18-7-8-20(13-19(18)2)24-15-35-25(27(37)31-24)14-23(33-35)26(36)32-30(21-9-11-22(39-6)12-10-21)16-34(17-30)28(38)40-29(3,4)5/h7-15H,16-17H2,1-6H3,(H,31,37)(H,32,36). The molecule has 0 saturated carbocycles. The van der Waals surface area contributed by atoms with E-state index in [1.165, 1.54) is 10.6 Å². The molecule has 3 heterocycles. The summed E-state index contributed by atoms with van der Waals surface area (Å²) in [7, 11) is 1.58. The molecule has 0 atom stereocenters. The predicted octanol–water partition coefficient (Wildman–Crippen LogP) is 4.19. The van der Waals surface area contributed by atoms with Crippen molar-refractivity contribution >= 4 is 17.5 Å². The molecule has 40 heavy (non-hydrogen) atoms. The van der Waals surface area contributed by atoms with Crippen LogP contribution < -0.4 is 15.6 Å². The number of methoxy groups -OCH3 is 1. The van der Waals surface area contributed by atoms with Crippen LogP contribution in [0.25, 0.3) is 16.8 Å². The second-order valence-electron chi connectivity index (χ2n) is 11.3. The summed E-state index contributed by atoms with van der Waals surface area (Å²) in [5.41, 5.74) is 2.97. The van der Waals surface area contributed by atoms with E-state index in [1.54, 1.807) is 51.1 Å². The van der Waals surface area contributed by atoms with Gasteiger partial charge in [0.2, 0.25) is 0 Å². The van der Waals surface area contributed by atoms with Crippen molar-refractivity contribution in [2.24, 2.45) is 0 Å². The van der Waals surface area contributed by atoms with Crippen LogP contribution in [0.15, 0.2) is 59.5 Å². The average Bonchev–Trinajstić information content (AvgIpc) is 3.32. The molecule has 1 aliphatic rings. The van der Waals surface area contributed by atoms with Crippen molar-refractivity contribution < 1.29 is 19.1 Å². The van der Waals surface area contributed by atoms with Crippen LogP contribution in [0.4, 0.5) is 4.79 Å². The number of likely N-dealkylation sites (tertiary alicyclic amines) is 1. The van der Waals surface area contributed by atoms with Gasteiger partial charge in [0.05, 0.1) is 32.1 Å². The van der Waals surface area contributed by atoms with E-state index in [0.29, 0.717) is 11.4 Å². The van der Waals surface area contributed by atoms with Crippen LogP contribution in [0.3, 0.4) is 0 Å². The Bertz CT molecular complexity index is 1660. The lowest BCUT2D eigenvalue weighted by molar-refractivity contribution is -0.0169. The van der Waals surface area contributed by atoms with Gasteiger partial charge in [-0.1, -0.05) is 24.3 Å². The summed E-state index contributed by atoms with van der Waals surface area (Å²) in [5, 5.41) is 7.50. The number of fused-ring (bicyclic) bond motifs is 1. The molecule has 10 nitrogen and oxygen atoms in total. The second-order valence-corrected chi connectivity index (χ2v) is 11.3. The lowest BCUT2D eigenvalue weighted by Gasteiger charge is -2.50. The van der Waals surface area contributed by atoms with E-state index in [-0.39, 0.29) is 29.9 Å². The molecule has 1 fully saturated rings. The molecule has 208 valence electrons.